The first-order chi connectivity index (χ1) is 12.2. The van der Waals surface area contributed by atoms with Gasteiger partial charge in [-0.05, 0) is 38.3 Å². The van der Waals surface area contributed by atoms with Crippen molar-refractivity contribution in [2.75, 3.05) is 29.9 Å². The summed E-state index contributed by atoms with van der Waals surface area (Å²) in [5.41, 5.74) is 2.76. The van der Waals surface area contributed by atoms with Gasteiger partial charge in [0.15, 0.2) is 11.6 Å². The van der Waals surface area contributed by atoms with Gasteiger partial charge < -0.3 is 14.3 Å². The third-order valence-corrected chi connectivity index (χ3v) is 4.63. The van der Waals surface area contributed by atoms with E-state index in [1.165, 1.54) is 19.3 Å². The Bertz CT molecular complexity index is 869. The molecule has 0 unspecified atom stereocenters. The highest BCUT2D eigenvalue weighted by atomic mass is 16.5. The van der Waals surface area contributed by atoms with Crippen LogP contribution in [0.4, 0.5) is 11.6 Å². The zero-order valence-corrected chi connectivity index (χ0v) is 14.8. The van der Waals surface area contributed by atoms with Gasteiger partial charge in [0.05, 0.1) is 17.6 Å². The summed E-state index contributed by atoms with van der Waals surface area (Å²) in [6, 6.07) is 10.0. The molecule has 1 aliphatic heterocycles. The molecule has 0 bridgehead atoms. The fraction of sp³-hybridized carbons (Fsp3) is 0.421. The van der Waals surface area contributed by atoms with Crippen LogP contribution in [0.5, 0.6) is 0 Å². The number of para-hydroxylation sites is 2. The number of hydrogen-bond donors (Lipinski definition) is 0. The Hall–Kier alpha value is -2.63. The van der Waals surface area contributed by atoms with E-state index in [-0.39, 0.29) is 0 Å². The molecule has 1 saturated heterocycles. The molecule has 1 aliphatic rings. The van der Waals surface area contributed by atoms with Crippen LogP contribution < -0.4 is 9.80 Å². The summed E-state index contributed by atoms with van der Waals surface area (Å²) in [7, 11) is 2.04. The normalized spacial score (nSPS) is 14.9. The molecule has 6 nitrogen and oxygen atoms in total. The SMILES string of the molecule is Cc1cc(CN(C)c2nc3ccccc3nc2N2CCCCC2)no1. The number of aromatic nitrogens is 3. The first-order valence-electron chi connectivity index (χ1n) is 8.86. The van der Waals surface area contributed by atoms with Crippen LogP contribution in [0.2, 0.25) is 0 Å². The standard InChI is InChI=1S/C19H23N5O/c1-14-12-15(22-25-14)13-23(2)18-19(24-10-6-3-7-11-24)21-17-9-5-4-8-16(17)20-18/h4-5,8-9,12H,3,6-7,10-11,13H2,1-2H3. The molecule has 130 valence electrons. The fourth-order valence-electron chi connectivity index (χ4n) is 3.37. The van der Waals surface area contributed by atoms with Crippen LogP contribution in [-0.2, 0) is 6.54 Å². The molecule has 2 aromatic heterocycles. The lowest BCUT2D eigenvalue weighted by atomic mass is 10.1. The Balaban J connectivity index is 1.73. The van der Waals surface area contributed by atoms with Crippen LogP contribution in [0.3, 0.4) is 0 Å². The molecule has 25 heavy (non-hydrogen) atoms. The molecule has 0 amide bonds. The molecule has 0 spiro atoms. The van der Waals surface area contributed by atoms with Crippen LogP contribution >= 0.6 is 0 Å². The second-order valence-electron chi connectivity index (χ2n) is 6.69. The number of hydrogen-bond acceptors (Lipinski definition) is 6. The van der Waals surface area contributed by atoms with Crippen molar-refractivity contribution >= 4 is 22.7 Å². The van der Waals surface area contributed by atoms with Crippen molar-refractivity contribution in [1.29, 1.82) is 0 Å². The minimum atomic E-state index is 0.644. The molecule has 3 aromatic rings. The number of nitrogens with zero attached hydrogens (tertiary/aromatic N) is 5. The smallest absolute Gasteiger partial charge is 0.172 e. The maximum Gasteiger partial charge on any atom is 0.172 e. The van der Waals surface area contributed by atoms with Crippen molar-refractivity contribution in [2.45, 2.75) is 32.7 Å². The van der Waals surface area contributed by atoms with Gasteiger partial charge in [-0.1, -0.05) is 17.3 Å². The number of aryl methyl sites for hydroxylation is 1. The summed E-state index contributed by atoms with van der Waals surface area (Å²) >= 11 is 0. The van der Waals surface area contributed by atoms with Crippen molar-refractivity contribution < 1.29 is 4.52 Å². The summed E-state index contributed by atoms with van der Waals surface area (Å²) in [6.07, 6.45) is 3.71. The molecular weight excluding hydrogens is 314 g/mol. The van der Waals surface area contributed by atoms with Crippen molar-refractivity contribution in [1.82, 2.24) is 15.1 Å². The van der Waals surface area contributed by atoms with E-state index in [1.807, 2.05) is 44.3 Å². The Labute approximate surface area is 147 Å². The van der Waals surface area contributed by atoms with Crippen LogP contribution in [0.25, 0.3) is 11.0 Å². The van der Waals surface area contributed by atoms with Crippen LogP contribution in [0.1, 0.15) is 30.7 Å². The number of fused-ring (bicyclic) bond motifs is 1. The lowest BCUT2D eigenvalue weighted by Crippen LogP contribution is -2.32. The average Bonchev–Trinajstić information content (AvgIpc) is 3.06. The second kappa shape index (κ2) is 6.70. The predicted octanol–water partition coefficient (Wildman–Crippen LogP) is 3.55. The summed E-state index contributed by atoms with van der Waals surface area (Å²) in [6.45, 7) is 4.63. The highest BCUT2D eigenvalue weighted by Gasteiger charge is 2.21. The minimum absolute atomic E-state index is 0.644. The van der Waals surface area contributed by atoms with Gasteiger partial charge in [0.2, 0.25) is 0 Å². The van der Waals surface area contributed by atoms with Crippen molar-refractivity contribution in [2.24, 2.45) is 0 Å². The van der Waals surface area contributed by atoms with E-state index in [0.29, 0.717) is 6.54 Å². The monoisotopic (exact) mass is 337 g/mol. The Kier molecular flexibility index (Phi) is 4.26. The number of benzene rings is 1. The molecule has 0 atom stereocenters. The van der Waals surface area contributed by atoms with Crippen molar-refractivity contribution in [3.63, 3.8) is 0 Å². The Morgan fingerprint density at radius 3 is 2.48 bits per heavy atom. The minimum Gasteiger partial charge on any atom is -0.361 e. The third kappa shape index (κ3) is 3.29. The van der Waals surface area contributed by atoms with E-state index in [9.17, 15) is 0 Å². The molecular formula is C19H23N5O. The summed E-state index contributed by atoms with van der Waals surface area (Å²) in [4.78, 5) is 14.3. The van der Waals surface area contributed by atoms with Crippen molar-refractivity contribution in [3.05, 3.63) is 41.8 Å². The van der Waals surface area contributed by atoms with Gasteiger partial charge in [-0.25, -0.2) is 9.97 Å². The van der Waals surface area contributed by atoms with E-state index < -0.39 is 0 Å². The molecule has 0 aliphatic carbocycles. The molecule has 0 saturated carbocycles. The lowest BCUT2D eigenvalue weighted by molar-refractivity contribution is 0.390. The number of anilines is 2. The number of piperidine rings is 1. The van der Waals surface area contributed by atoms with E-state index in [4.69, 9.17) is 14.5 Å². The van der Waals surface area contributed by atoms with Gasteiger partial charge in [0, 0.05) is 26.2 Å². The average molecular weight is 337 g/mol. The van der Waals surface area contributed by atoms with Gasteiger partial charge in [-0.3, -0.25) is 0 Å². The third-order valence-electron chi connectivity index (χ3n) is 4.63. The molecule has 3 heterocycles. The van der Waals surface area contributed by atoms with Crippen LogP contribution in [-0.4, -0.2) is 35.3 Å². The van der Waals surface area contributed by atoms with Crippen molar-refractivity contribution in [3.8, 4) is 0 Å². The van der Waals surface area contributed by atoms with Gasteiger partial charge in [0.25, 0.3) is 0 Å². The maximum atomic E-state index is 5.19. The Morgan fingerprint density at radius 1 is 1.08 bits per heavy atom. The van der Waals surface area contributed by atoms with Gasteiger partial charge in [0.1, 0.15) is 11.5 Å². The van der Waals surface area contributed by atoms with Crippen LogP contribution in [0.15, 0.2) is 34.9 Å². The van der Waals surface area contributed by atoms with E-state index in [0.717, 1.165) is 47.2 Å². The van der Waals surface area contributed by atoms with Gasteiger partial charge >= 0.3 is 0 Å². The summed E-state index contributed by atoms with van der Waals surface area (Å²) in [5.74, 6) is 2.70. The highest BCUT2D eigenvalue weighted by Crippen LogP contribution is 2.30. The van der Waals surface area contributed by atoms with Gasteiger partial charge in [-0.2, -0.15) is 0 Å². The molecule has 1 aromatic carbocycles. The van der Waals surface area contributed by atoms with E-state index >= 15 is 0 Å². The Morgan fingerprint density at radius 2 is 1.80 bits per heavy atom. The summed E-state index contributed by atoms with van der Waals surface area (Å²) < 4.78 is 5.19. The predicted molar refractivity (Wildman–Crippen MR) is 98.9 cm³/mol. The lowest BCUT2D eigenvalue weighted by Gasteiger charge is -2.31. The zero-order valence-electron chi connectivity index (χ0n) is 14.8. The van der Waals surface area contributed by atoms with Crippen LogP contribution in [0, 0.1) is 6.92 Å². The first-order valence-corrected chi connectivity index (χ1v) is 8.86. The molecule has 0 N–H and O–H groups in total. The van der Waals surface area contributed by atoms with E-state index in [2.05, 4.69) is 15.0 Å². The summed E-state index contributed by atoms with van der Waals surface area (Å²) in [5, 5.41) is 4.11. The molecule has 0 radical (unpaired) electrons. The zero-order chi connectivity index (χ0) is 17.2. The van der Waals surface area contributed by atoms with E-state index in [1.54, 1.807) is 0 Å². The van der Waals surface area contributed by atoms with Gasteiger partial charge in [-0.15, -0.1) is 0 Å². The quantitative estimate of drug-likeness (QED) is 0.725. The maximum absolute atomic E-state index is 5.19. The first kappa shape index (κ1) is 15.9. The molecule has 1 fully saturated rings. The number of rotatable bonds is 4. The largest absolute Gasteiger partial charge is 0.361 e. The highest BCUT2D eigenvalue weighted by molar-refractivity contribution is 5.80. The molecule has 6 heteroatoms. The molecule has 4 rings (SSSR count). The second-order valence-corrected chi connectivity index (χ2v) is 6.69. The fourth-order valence-corrected chi connectivity index (χ4v) is 3.37. The topological polar surface area (TPSA) is 58.3 Å².